The molecule has 0 heterocycles. The molecule has 0 radical (unpaired) electrons. The molecule has 8 nitrogen and oxygen atoms in total. The predicted molar refractivity (Wildman–Crippen MR) is 117 cm³/mol. The summed E-state index contributed by atoms with van der Waals surface area (Å²) in [6.45, 7) is -0.312. The number of ether oxygens (including phenoxy) is 2. The highest BCUT2D eigenvalue weighted by atomic mass is 35.5. The van der Waals surface area contributed by atoms with Crippen molar-refractivity contribution in [2.24, 2.45) is 0 Å². The van der Waals surface area contributed by atoms with Crippen molar-refractivity contribution in [3.8, 4) is 5.75 Å². The number of hydrogen-bond donors (Lipinski definition) is 2. The normalized spacial score (nSPS) is 11.1. The highest BCUT2D eigenvalue weighted by Crippen LogP contribution is 2.28. The first-order valence-electron chi connectivity index (χ1n) is 9.22. The molecule has 2 N–H and O–H groups in total. The maximum Gasteiger partial charge on any atom is 0.307 e. The number of carbonyl (C=O) groups excluding carboxylic acids is 2. The summed E-state index contributed by atoms with van der Waals surface area (Å²) in [5.41, 5.74) is 1.02. The predicted octanol–water partition coefficient (Wildman–Crippen LogP) is 2.57. The summed E-state index contributed by atoms with van der Waals surface area (Å²) >= 11 is 11.8. The lowest BCUT2D eigenvalue weighted by Crippen LogP contribution is -2.31. The first-order valence-corrected chi connectivity index (χ1v) is 11.5. The number of rotatable bonds is 11. The number of hydrogen-bond acceptors (Lipinski definition) is 6. The lowest BCUT2D eigenvalue weighted by molar-refractivity contribution is -0.148. The smallest absolute Gasteiger partial charge is 0.307 e. The van der Waals surface area contributed by atoms with E-state index in [2.05, 4.69) is 10.0 Å². The minimum atomic E-state index is -4.00. The van der Waals surface area contributed by atoms with Crippen LogP contribution in [0.4, 0.5) is 0 Å². The molecular formula is C20H22Cl2N2O6S. The fourth-order valence-electron chi connectivity index (χ4n) is 2.51. The first-order chi connectivity index (χ1) is 14.7. The summed E-state index contributed by atoms with van der Waals surface area (Å²) in [6.07, 6.45) is 0.344. The molecule has 0 unspecified atom stereocenters. The Balaban J connectivity index is 1.67. The van der Waals surface area contributed by atoms with Crippen LogP contribution < -0.4 is 14.8 Å². The van der Waals surface area contributed by atoms with Crippen LogP contribution in [0.1, 0.15) is 12.0 Å². The van der Waals surface area contributed by atoms with Crippen LogP contribution in [0, 0.1) is 0 Å². The largest absolute Gasteiger partial charge is 0.497 e. The van der Waals surface area contributed by atoms with Crippen molar-refractivity contribution in [1.29, 1.82) is 0 Å². The zero-order valence-corrected chi connectivity index (χ0v) is 19.0. The zero-order chi connectivity index (χ0) is 22.9. The average molecular weight is 489 g/mol. The van der Waals surface area contributed by atoms with Gasteiger partial charge in [-0.3, -0.25) is 9.59 Å². The van der Waals surface area contributed by atoms with Crippen molar-refractivity contribution in [3.05, 3.63) is 58.1 Å². The fourth-order valence-corrected chi connectivity index (χ4v) is 4.68. The van der Waals surface area contributed by atoms with E-state index in [1.165, 1.54) is 18.2 Å². The van der Waals surface area contributed by atoms with Crippen LogP contribution in [0.25, 0.3) is 0 Å². The first kappa shape index (κ1) is 24.9. The quantitative estimate of drug-likeness (QED) is 0.470. The topological polar surface area (TPSA) is 111 Å². The molecule has 2 aromatic carbocycles. The van der Waals surface area contributed by atoms with Crippen molar-refractivity contribution in [3.63, 3.8) is 0 Å². The lowest BCUT2D eigenvalue weighted by atomic mass is 10.1. The van der Waals surface area contributed by atoms with Crippen LogP contribution >= 0.6 is 23.2 Å². The van der Waals surface area contributed by atoms with Gasteiger partial charge >= 0.3 is 5.97 Å². The van der Waals surface area contributed by atoms with Crippen molar-refractivity contribution in [1.82, 2.24) is 10.0 Å². The number of esters is 1. The van der Waals surface area contributed by atoms with Crippen LogP contribution in [0.15, 0.2) is 47.4 Å². The molecule has 31 heavy (non-hydrogen) atoms. The highest BCUT2D eigenvalue weighted by Gasteiger charge is 2.21. The minimum absolute atomic E-state index is 0.0334. The second kappa shape index (κ2) is 11.9. The lowest BCUT2D eigenvalue weighted by Gasteiger charge is -2.10. The summed E-state index contributed by atoms with van der Waals surface area (Å²) in [5, 5.41) is 2.57. The molecule has 1 amide bonds. The van der Waals surface area contributed by atoms with Crippen LogP contribution in [0.5, 0.6) is 5.75 Å². The molecule has 0 aliphatic carbocycles. The third-order valence-corrected chi connectivity index (χ3v) is 6.48. The standard InChI is InChI=1S/C20H22Cl2N2O6S/c1-29-15-7-5-14(6-8-15)9-11-23-18(25)13-30-19(26)10-12-24-31(27,28)20-16(21)3-2-4-17(20)22/h2-8,24H,9-13H2,1H3,(H,23,25). The van der Waals surface area contributed by atoms with Gasteiger partial charge in [0.05, 0.1) is 23.6 Å². The molecule has 0 aliphatic rings. The van der Waals surface area contributed by atoms with E-state index in [0.717, 1.165) is 11.3 Å². The van der Waals surface area contributed by atoms with Gasteiger partial charge in [-0.15, -0.1) is 0 Å². The van der Waals surface area contributed by atoms with Gasteiger partial charge in [0, 0.05) is 13.1 Å². The van der Waals surface area contributed by atoms with Crippen LogP contribution in [0.2, 0.25) is 10.0 Å². The number of halogens is 2. The number of sulfonamides is 1. The van der Waals surface area contributed by atoms with Crippen molar-refractivity contribution in [2.45, 2.75) is 17.7 Å². The molecule has 0 fully saturated rings. The Hall–Kier alpha value is -2.33. The van der Waals surface area contributed by atoms with Gasteiger partial charge in [-0.05, 0) is 36.2 Å². The minimum Gasteiger partial charge on any atom is -0.497 e. The van der Waals surface area contributed by atoms with E-state index in [-0.39, 0.29) is 27.9 Å². The summed E-state index contributed by atoms with van der Waals surface area (Å²) < 4.78 is 36.7. The van der Waals surface area contributed by atoms with Gasteiger partial charge in [0.15, 0.2) is 6.61 Å². The van der Waals surface area contributed by atoms with E-state index < -0.39 is 28.5 Å². The van der Waals surface area contributed by atoms with E-state index >= 15 is 0 Å². The summed E-state index contributed by atoms with van der Waals surface area (Å²) in [7, 11) is -2.42. The van der Waals surface area contributed by atoms with Crippen LogP contribution in [-0.4, -0.2) is 47.1 Å². The summed E-state index contributed by atoms with van der Waals surface area (Å²) in [6, 6.07) is 11.7. The van der Waals surface area contributed by atoms with Gasteiger partial charge in [0.2, 0.25) is 10.0 Å². The van der Waals surface area contributed by atoms with Crippen molar-refractivity contribution >= 4 is 45.1 Å². The fraction of sp³-hybridized carbons (Fsp3) is 0.300. The average Bonchev–Trinajstić information content (AvgIpc) is 2.72. The number of nitrogens with one attached hydrogen (secondary N) is 2. The Morgan fingerprint density at radius 3 is 2.26 bits per heavy atom. The van der Waals surface area contributed by atoms with E-state index in [0.29, 0.717) is 13.0 Å². The summed E-state index contributed by atoms with van der Waals surface area (Å²) in [4.78, 5) is 23.3. The van der Waals surface area contributed by atoms with Gasteiger partial charge in [0.1, 0.15) is 10.6 Å². The number of benzene rings is 2. The Bertz CT molecular complexity index is 993. The molecule has 11 heteroatoms. The SMILES string of the molecule is COc1ccc(CCNC(=O)COC(=O)CCNS(=O)(=O)c2c(Cl)cccc2Cl)cc1. The van der Waals surface area contributed by atoms with E-state index in [9.17, 15) is 18.0 Å². The number of methoxy groups -OCH3 is 1. The molecule has 168 valence electrons. The van der Waals surface area contributed by atoms with Gasteiger partial charge in [-0.2, -0.15) is 0 Å². The monoisotopic (exact) mass is 488 g/mol. The third kappa shape index (κ3) is 8.02. The Labute approximate surface area is 190 Å². The molecule has 0 bridgehead atoms. The molecule has 0 atom stereocenters. The van der Waals surface area contributed by atoms with Crippen molar-refractivity contribution < 1.29 is 27.5 Å². The highest BCUT2D eigenvalue weighted by molar-refractivity contribution is 7.89. The van der Waals surface area contributed by atoms with Crippen molar-refractivity contribution in [2.75, 3.05) is 26.8 Å². The maximum absolute atomic E-state index is 12.3. The van der Waals surface area contributed by atoms with Crippen LogP contribution in [0.3, 0.4) is 0 Å². The molecular weight excluding hydrogens is 467 g/mol. The molecule has 0 saturated carbocycles. The molecule has 0 aliphatic heterocycles. The second-order valence-electron chi connectivity index (χ2n) is 6.31. The van der Waals surface area contributed by atoms with Gasteiger partial charge in [-0.1, -0.05) is 41.4 Å². The maximum atomic E-state index is 12.3. The molecule has 0 aromatic heterocycles. The van der Waals surface area contributed by atoms with Crippen LogP contribution in [-0.2, 0) is 30.8 Å². The molecule has 0 spiro atoms. The van der Waals surface area contributed by atoms with E-state index in [1.54, 1.807) is 7.11 Å². The van der Waals surface area contributed by atoms with Gasteiger partial charge in [0.25, 0.3) is 5.91 Å². The van der Waals surface area contributed by atoms with Gasteiger partial charge < -0.3 is 14.8 Å². The van der Waals surface area contributed by atoms with E-state index in [4.69, 9.17) is 32.7 Å². The van der Waals surface area contributed by atoms with E-state index in [1.807, 2.05) is 24.3 Å². The molecule has 2 aromatic rings. The number of carbonyl (C=O) groups is 2. The Morgan fingerprint density at radius 1 is 1.00 bits per heavy atom. The Morgan fingerprint density at radius 2 is 1.65 bits per heavy atom. The second-order valence-corrected chi connectivity index (χ2v) is 8.83. The number of amides is 1. The summed E-state index contributed by atoms with van der Waals surface area (Å²) in [5.74, 6) is -0.430. The zero-order valence-electron chi connectivity index (χ0n) is 16.7. The third-order valence-electron chi connectivity index (χ3n) is 4.07. The Kier molecular flexibility index (Phi) is 9.57. The molecule has 0 saturated heterocycles. The van der Waals surface area contributed by atoms with Gasteiger partial charge in [-0.25, -0.2) is 13.1 Å². The molecule has 2 rings (SSSR count).